The zero-order valence-corrected chi connectivity index (χ0v) is 12.1. The van der Waals surface area contributed by atoms with Gasteiger partial charge in [-0.15, -0.1) is 11.6 Å². The Balaban J connectivity index is 2.79. The Bertz CT molecular complexity index is 421. The minimum atomic E-state index is -0.733. The van der Waals surface area contributed by atoms with Crippen LogP contribution in [0.2, 0.25) is 0 Å². The van der Waals surface area contributed by atoms with E-state index in [-0.39, 0.29) is 5.88 Å². The third-order valence-electron chi connectivity index (χ3n) is 2.15. The number of hydrogen-bond donors (Lipinski definition) is 1. The van der Waals surface area contributed by atoms with Gasteiger partial charge in [0.15, 0.2) is 12.2 Å². The molecule has 0 fully saturated rings. The quantitative estimate of drug-likeness (QED) is 0.860. The van der Waals surface area contributed by atoms with Gasteiger partial charge >= 0.3 is 6.09 Å². The normalized spacial score (nSPS) is 12.3. The average Bonchev–Trinajstić information content (AvgIpc) is 2.61. The summed E-state index contributed by atoms with van der Waals surface area (Å²) in [5, 5.41) is 2.74. The van der Waals surface area contributed by atoms with Gasteiger partial charge in [-0.25, -0.2) is 9.78 Å². The van der Waals surface area contributed by atoms with Crippen LogP contribution in [0.5, 0.6) is 0 Å². The summed E-state index contributed by atoms with van der Waals surface area (Å²) in [5.74, 6) is 0.758. The van der Waals surface area contributed by atoms with Crippen molar-refractivity contribution in [1.29, 1.82) is 0 Å². The Hall–Kier alpha value is -1.23. The summed E-state index contributed by atoms with van der Waals surface area (Å²) >= 11 is 5.76. The van der Waals surface area contributed by atoms with Crippen LogP contribution < -0.4 is 5.32 Å². The van der Waals surface area contributed by atoms with Crippen LogP contribution in [0.15, 0.2) is 10.8 Å². The van der Waals surface area contributed by atoms with E-state index in [2.05, 4.69) is 10.3 Å². The fraction of sp³-hybridized carbons (Fsp3) is 0.667. The van der Waals surface area contributed by atoms with Crippen LogP contribution in [0, 0.1) is 0 Å². The maximum atomic E-state index is 11.7. The van der Waals surface area contributed by atoms with Gasteiger partial charge in [0.05, 0.1) is 17.1 Å². The number of carbonyl (C=O) groups excluding carboxylic acids is 1. The first kappa shape index (κ1) is 14.8. The molecule has 18 heavy (non-hydrogen) atoms. The van der Waals surface area contributed by atoms with Crippen molar-refractivity contribution in [1.82, 2.24) is 10.3 Å². The summed E-state index contributed by atoms with van der Waals surface area (Å²) in [6.07, 6.45) is 0.801. The van der Waals surface area contributed by atoms with Gasteiger partial charge in [-0.2, -0.15) is 0 Å². The molecule has 0 radical (unpaired) electrons. The van der Waals surface area contributed by atoms with E-state index in [1.165, 1.54) is 6.39 Å². The molecule has 0 aromatic carbocycles. The highest BCUT2D eigenvalue weighted by molar-refractivity contribution is 6.16. The van der Waals surface area contributed by atoms with Crippen LogP contribution in [0.25, 0.3) is 0 Å². The van der Waals surface area contributed by atoms with Gasteiger partial charge in [0.1, 0.15) is 5.60 Å². The maximum absolute atomic E-state index is 11.7. The highest BCUT2D eigenvalue weighted by Crippen LogP contribution is 2.25. The zero-order chi connectivity index (χ0) is 14.0. The minimum Gasteiger partial charge on any atom is -0.446 e. The number of nitrogens with one attached hydrogen (secondary N) is 1. The molecule has 0 aliphatic rings. The first-order valence-corrected chi connectivity index (χ1v) is 6.19. The number of halogens is 1. The number of alkyl carbamates (subject to hydrolysis) is 1. The Kier molecular flexibility index (Phi) is 4.27. The highest BCUT2D eigenvalue weighted by Gasteiger charge is 2.31. The van der Waals surface area contributed by atoms with Crippen molar-refractivity contribution in [2.45, 2.75) is 51.6 Å². The van der Waals surface area contributed by atoms with E-state index in [9.17, 15) is 4.79 Å². The van der Waals surface area contributed by atoms with E-state index in [1.54, 1.807) is 34.6 Å². The van der Waals surface area contributed by atoms with Crippen molar-refractivity contribution < 1.29 is 13.9 Å². The SMILES string of the molecule is CC(C)(C)OC(=O)NC(C)(C)c1ocnc1CCl. The molecule has 0 saturated carbocycles. The Labute approximate surface area is 112 Å². The molecule has 0 unspecified atom stereocenters. The fourth-order valence-corrected chi connectivity index (χ4v) is 1.68. The van der Waals surface area contributed by atoms with E-state index >= 15 is 0 Å². The highest BCUT2D eigenvalue weighted by atomic mass is 35.5. The summed E-state index contributed by atoms with van der Waals surface area (Å²) < 4.78 is 10.5. The minimum absolute atomic E-state index is 0.227. The predicted octanol–water partition coefficient (Wildman–Crippen LogP) is 3.17. The van der Waals surface area contributed by atoms with E-state index in [1.807, 2.05) is 0 Å². The number of alkyl halides is 1. The van der Waals surface area contributed by atoms with Crippen molar-refractivity contribution in [3.05, 3.63) is 17.8 Å². The lowest BCUT2D eigenvalue weighted by Gasteiger charge is -2.27. The van der Waals surface area contributed by atoms with E-state index < -0.39 is 17.2 Å². The molecule has 0 atom stereocenters. The van der Waals surface area contributed by atoms with Gasteiger partial charge in [0, 0.05) is 0 Å². The van der Waals surface area contributed by atoms with Crippen LogP contribution in [0.1, 0.15) is 46.1 Å². The van der Waals surface area contributed by atoms with E-state index in [4.69, 9.17) is 20.8 Å². The number of nitrogens with zero attached hydrogens (tertiary/aromatic N) is 1. The second-order valence-corrected chi connectivity index (χ2v) is 5.78. The van der Waals surface area contributed by atoms with Crippen molar-refractivity contribution in [3.8, 4) is 0 Å². The van der Waals surface area contributed by atoms with Gasteiger partial charge in [-0.05, 0) is 34.6 Å². The molecule has 6 heteroatoms. The number of amides is 1. The first-order valence-electron chi connectivity index (χ1n) is 5.65. The third-order valence-corrected chi connectivity index (χ3v) is 2.40. The molecule has 1 N–H and O–H groups in total. The number of ether oxygens (including phenoxy) is 1. The Morgan fingerprint density at radius 1 is 1.44 bits per heavy atom. The molecular formula is C12H19ClN2O3. The van der Waals surface area contributed by atoms with E-state index in [0.29, 0.717) is 11.5 Å². The van der Waals surface area contributed by atoms with Gasteiger partial charge in [0.25, 0.3) is 0 Å². The number of oxazole rings is 1. The monoisotopic (exact) mass is 274 g/mol. The summed E-state index contributed by atoms with van der Waals surface area (Å²) in [4.78, 5) is 15.7. The average molecular weight is 275 g/mol. The lowest BCUT2D eigenvalue weighted by molar-refractivity contribution is 0.0458. The molecule has 0 spiro atoms. The van der Waals surface area contributed by atoms with Gasteiger partial charge in [-0.1, -0.05) is 0 Å². The molecule has 0 saturated heterocycles. The molecule has 1 aromatic rings. The van der Waals surface area contributed by atoms with Gasteiger partial charge < -0.3 is 14.5 Å². The first-order chi connectivity index (χ1) is 8.15. The van der Waals surface area contributed by atoms with Crippen LogP contribution >= 0.6 is 11.6 Å². The third kappa shape index (κ3) is 3.91. The van der Waals surface area contributed by atoms with Gasteiger partial charge in [-0.3, -0.25) is 0 Å². The lowest BCUT2D eigenvalue weighted by Crippen LogP contribution is -2.44. The number of carbonyl (C=O) groups is 1. The van der Waals surface area contributed by atoms with E-state index in [0.717, 1.165) is 0 Å². The fourth-order valence-electron chi connectivity index (χ4n) is 1.49. The van der Waals surface area contributed by atoms with Crippen LogP contribution in [-0.2, 0) is 16.2 Å². The molecule has 0 aliphatic heterocycles. The second-order valence-electron chi connectivity index (χ2n) is 5.51. The lowest BCUT2D eigenvalue weighted by atomic mass is 10.0. The van der Waals surface area contributed by atoms with Crippen molar-refractivity contribution >= 4 is 17.7 Å². The molecular weight excluding hydrogens is 256 g/mol. The molecule has 1 amide bonds. The van der Waals surface area contributed by atoms with Crippen LogP contribution in [0.3, 0.4) is 0 Å². The standard InChI is InChI=1S/C12H19ClN2O3/c1-11(2,3)18-10(16)15-12(4,5)9-8(6-13)14-7-17-9/h7H,6H2,1-5H3,(H,15,16). The Morgan fingerprint density at radius 3 is 2.56 bits per heavy atom. The summed E-state index contributed by atoms with van der Waals surface area (Å²) in [6.45, 7) is 9.01. The molecule has 5 nitrogen and oxygen atoms in total. The summed E-state index contributed by atoms with van der Waals surface area (Å²) in [5.41, 5.74) is -0.669. The largest absolute Gasteiger partial charge is 0.446 e. The molecule has 1 aromatic heterocycles. The maximum Gasteiger partial charge on any atom is 0.408 e. The summed E-state index contributed by atoms with van der Waals surface area (Å²) in [6, 6.07) is 0. The zero-order valence-electron chi connectivity index (χ0n) is 11.3. The molecule has 0 aliphatic carbocycles. The van der Waals surface area contributed by atoms with Crippen LogP contribution in [0.4, 0.5) is 4.79 Å². The van der Waals surface area contributed by atoms with Crippen molar-refractivity contribution in [3.63, 3.8) is 0 Å². The van der Waals surface area contributed by atoms with Crippen LogP contribution in [-0.4, -0.2) is 16.7 Å². The molecule has 1 heterocycles. The number of rotatable bonds is 3. The van der Waals surface area contributed by atoms with Crippen molar-refractivity contribution in [2.24, 2.45) is 0 Å². The molecule has 0 bridgehead atoms. The number of hydrogen-bond acceptors (Lipinski definition) is 4. The Morgan fingerprint density at radius 2 is 2.06 bits per heavy atom. The topological polar surface area (TPSA) is 64.4 Å². The van der Waals surface area contributed by atoms with Gasteiger partial charge in [0.2, 0.25) is 0 Å². The summed E-state index contributed by atoms with van der Waals surface area (Å²) in [7, 11) is 0. The van der Waals surface area contributed by atoms with Crippen molar-refractivity contribution in [2.75, 3.05) is 0 Å². The molecule has 1 rings (SSSR count). The second kappa shape index (κ2) is 5.18. The predicted molar refractivity (Wildman–Crippen MR) is 68.5 cm³/mol. The molecule has 102 valence electrons. The number of aromatic nitrogens is 1. The smallest absolute Gasteiger partial charge is 0.408 e.